The minimum absolute atomic E-state index is 0.00563. The Bertz CT molecular complexity index is 706. The lowest BCUT2D eigenvalue weighted by Gasteiger charge is -2.60. The summed E-state index contributed by atoms with van der Waals surface area (Å²) in [5.41, 5.74) is 0.0467. The molecule has 5 rings (SSSR count). The quantitative estimate of drug-likeness (QED) is 0.746. The summed E-state index contributed by atoms with van der Waals surface area (Å²) >= 11 is 0. The van der Waals surface area contributed by atoms with Crippen molar-refractivity contribution in [3.05, 3.63) is 0 Å². The van der Waals surface area contributed by atoms with Gasteiger partial charge >= 0.3 is 0 Å². The summed E-state index contributed by atoms with van der Waals surface area (Å²) in [5.74, 6) is 2.55. The molecule has 5 heteroatoms. The molecule has 0 aromatic carbocycles. The van der Waals surface area contributed by atoms with Crippen LogP contribution >= 0.6 is 0 Å². The number of likely N-dealkylation sites (tertiary alicyclic amines) is 1. The van der Waals surface area contributed by atoms with Crippen LogP contribution in [-0.4, -0.2) is 47.6 Å². The highest BCUT2D eigenvalue weighted by molar-refractivity contribution is 5.81. The standard InChI is InChI=1S/C24H38N2O3/c1-23-10-11-26(3)20(28)12-15(23)6-7-16-17-8-9-19(25-22(29)14-4-5-14)24(17,2)13-18(27)21(16)23/h14-19,21,27H,4-13H2,1-3H3,(H,25,29)/t15?,16?,17?,18-,19-,21?,23-,24-/m0/s1. The summed E-state index contributed by atoms with van der Waals surface area (Å²) in [7, 11) is 1.93. The SMILES string of the molecule is CN1CC[C@@]2(C)C(CCC3C2[C@@H](O)C[C@@]2(C)C3CC[C@@H]2NC(=O)C2CC2)CC1=O. The van der Waals surface area contributed by atoms with Crippen molar-refractivity contribution in [1.29, 1.82) is 0 Å². The predicted octanol–water partition coefficient (Wildman–Crippen LogP) is 2.96. The Kier molecular flexibility index (Phi) is 4.58. The minimum Gasteiger partial charge on any atom is -0.393 e. The van der Waals surface area contributed by atoms with E-state index in [2.05, 4.69) is 19.2 Å². The lowest BCUT2D eigenvalue weighted by atomic mass is 9.45. The van der Waals surface area contributed by atoms with E-state index in [1.165, 1.54) is 6.42 Å². The minimum atomic E-state index is -0.328. The van der Waals surface area contributed by atoms with Crippen LogP contribution in [0.3, 0.4) is 0 Å². The molecule has 4 unspecified atom stereocenters. The van der Waals surface area contributed by atoms with Gasteiger partial charge in [0.1, 0.15) is 0 Å². The predicted molar refractivity (Wildman–Crippen MR) is 111 cm³/mol. The molecule has 0 radical (unpaired) electrons. The van der Waals surface area contributed by atoms with Crippen LogP contribution in [0.2, 0.25) is 0 Å². The van der Waals surface area contributed by atoms with Gasteiger partial charge in [-0.05, 0) is 85.9 Å². The van der Waals surface area contributed by atoms with Gasteiger partial charge in [0.05, 0.1) is 6.10 Å². The van der Waals surface area contributed by atoms with Gasteiger partial charge in [-0.3, -0.25) is 9.59 Å². The highest BCUT2D eigenvalue weighted by Gasteiger charge is 2.63. The molecule has 0 spiro atoms. The normalized spacial score (nSPS) is 49.7. The number of carbonyl (C=O) groups excluding carboxylic acids is 2. The average Bonchev–Trinajstić information content (AvgIpc) is 3.47. The molecule has 4 saturated carbocycles. The molecule has 5 fully saturated rings. The van der Waals surface area contributed by atoms with E-state index >= 15 is 0 Å². The zero-order chi connectivity index (χ0) is 20.6. The Morgan fingerprint density at radius 2 is 1.86 bits per heavy atom. The Balaban J connectivity index is 1.41. The van der Waals surface area contributed by atoms with Crippen LogP contribution in [-0.2, 0) is 9.59 Å². The molecular weight excluding hydrogens is 364 g/mol. The summed E-state index contributed by atoms with van der Waals surface area (Å²) in [6.07, 6.45) is 8.65. The van der Waals surface area contributed by atoms with Crippen molar-refractivity contribution < 1.29 is 14.7 Å². The van der Waals surface area contributed by atoms with Crippen molar-refractivity contribution in [2.45, 2.75) is 83.8 Å². The Morgan fingerprint density at radius 3 is 2.59 bits per heavy atom. The van der Waals surface area contributed by atoms with Gasteiger partial charge in [0.2, 0.25) is 11.8 Å². The van der Waals surface area contributed by atoms with E-state index in [1.54, 1.807) is 0 Å². The Morgan fingerprint density at radius 1 is 1.10 bits per heavy atom. The number of hydrogen-bond acceptors (Lipinski definition) is 3. The number of aliphatic hydroxyl groups is 1. The van der Waals surface area contributed by atoms with Crippen LogP contribution in [0.1, 0.15) is 71.6 Å². The Hall–Kier alpha value is -1.10. The molecule has 162 valence electrons. The molecule has 4 aliphatic carbocycles. The van der Waals surface area contributed by atoms with E-state index in [1.807, 2.05) is 11.9 Å². The van der Waals surface area contributed by atoms with Crippen LogP contribution in [0.15, 0.2) is 0 Å². The summed E-state index contributed by atoms with van der Waals surface area (Å²) < 4.78 is 0. The second kappa shape index (κ2) is 6.70. The van der Waals surface area contributed by atoms with Gasteiger partial charge in [-0.25, -0.2) is 0 Å². The number of aliphatic hydroxyl groups excluding tert-OH is 1. The lowest BCUT2D eigenvalue weighted by molar-refractivity contribution is -0.159. The molecule has 0 aromatic heterocycles. The third kappa shape index (κ3) is 2.97. The highest BCUT2D eigenvalue weighted by Crippen LogP contribution is 2.65. The molecule has 5 nitrogen and oxygen atoms in total. The molecule has 1 aliphatic heterocycles. The molecule has 8 atom stereocenters. The third-order valence-electron chi connectivity index (χ3n) is 10.1. The largest absolute Gasteiger partial charge is 0.393 e. The molecule has 29 heavy (non-hydrogen) atoms. The number of fused-ring (bicyclic) bond motifs is 5. The fourth-order valence-electron chi connectivity index (χ4n) is 8.16. The zero-order valence-corrected chi connectivity index (χ0v) is 18.3. The number of nitrogens with one attached hydrogen (secondary N) is 1. The van der Waals surface area contributed by atoms with Gasteiger partial charge in [-0.15, -0.1) is 0 Å². The highest BCUT2D eigenvalue weighted by atomic mass is 16.3. The van der Waals surface area contributed by atoms with E-state index in [4.69, 9.17) is 0 Å². The van der Waals surface area contributed by atoms with Crippen molar-refractivity contribution in [2.24, 2.45) is 40.4 Å². The maximum absolute atomic E-state index is 12.5. The number of hydrogen-bond donors (Lipinski definition) is 2. The molecule has 0 bridgehead atoms. The first kappa shape index (κ1) is 19.8. The maximum atomic E-state index is 12.5. The second-order valence-electron chi connectivity index (χ2n) is 11.5. The second-order valence-corrected chi connectivity index (χ2v) is 11.5. The first-order valence-corrected chi connectivity index (χ1v) is 12.0. The number of carbonyl (C=O) groups is 2. The van der Waals surface area contributed by atoms with Crippen molar-refractivity contribution in [2.75, 3.05) is 13.6 Å². The summed E-state index contributed by atoms with van der Waals surface area (Å²) in [4.78, 5) is 26.9. The fraction of sp³-hybridized carbons (Fsp3) is 0.917. The zero-order valence-electron chi connectivity index (χ0n) is 18.3. The van der Waals surface area contributed by atoms with E-state index in [0.29, 0.717) is 24.2 Å². The van der Waals surface area contributed by atoms with Crippen molar-refractivity contribution in [3.63, 3.8) is 0 Å². The van der Waals surface area contributed by atoms with Gasteiger partial charge in [0, 0.05) is 32.0 Å². The van der Waals surface area contributed by atoms with Crippen molar-refractivity contribution in [3.8, 4) is 0 Å². The summed E-state index contributed by atoms with van der Waals surface area (Å²) in [5, 5.41) is 14.9. The van der Waals surface area contributed by atoms with Crippen molar-refractivity contribution in [1.82, 2.24) is 10.2 Å². The van der Waals surface area contributed by atoms with Crippen LogP contribution in [0, 0.1) is 40.4 Å². The number of nitrogens with zero attached hydrogens (tertiary/aromatic N) is 1. The summed E-state index contributed by atoms with van der Waals surface area (Å²) in [6.45, 7) is 5.51. The lowest BCUT2D eigenvalue weighted by Crippen LogP contribution is -2.60. The molecule has 2 amide bonds. The summed E-state index contributed by atoms with van der Waals surface area (Å²) in [6, 6.07) is 0.212. The van der Waals surface area contributed by atoms with Gasteiger partial charge in [-0.2, -0.15) is 0 Å². The van der Waals surface area contributed by atoms with Crippen LogP contribution in [0.4, 0.5) is 0 Å². The number of rotatable bonds is 2. The molecule has 1 heterocycles. The molecule has 2 N–H and O–H groups in total. The van der Waals surface area contributed by atoms with Gasteiger partial charge in [-0.1, -0.05) is 13.8 Å². The van der Waals surface area contributed by atoms with E-state index < -0.39 is 0 Å². The Labute approximate surface area is 175 Å². The van der Waals surface area contributed by atoms with Crippen LogP contribution < -0.4 is 5.32 Å². The van der Waals surface area contributed by atoms with E-state index in [0.717, 1.165) is 51.5 Å². The maximum Gasteiger partial charge on any atom is 0.223 e. The average molecular weight is 403 g/mol. The third-order valence-corrected chi connectivity index (χ3v) is 10.1. The molecule has 1 saturated heterocycles. The smallest absolute Gasteiger partial charge is 0.223 e. The topological polar surface area (TPSA) is 69.6 Å². The van der Waals surface area contributed by atoms with Crippen molar-refractivity contribution >= 4 is 11.8 Å². The molecule has 0 aromatic rings. The van der Waals surface area contributed by atoms with Crippen LogP contribution in [0.5, 0.6) is 0 Å². The monoisotopic (exact) mass is 402 g/mol. The fourth-order valence-corrected chi connectivity index (χ4v) is 8.16. The first-order chi connectivity index (χ1) is 13.7. The van der Waals surface area contributed by atoms with Gasteiger partial charge in [0.25, 0.3) is 0 Å². The van der Waals surface area contributed by atoms with E-state index in [-0.39, 0.29) is 46.6 Å². The van der Waals surface area contributed by atoms with Gasteiger partial charge < -0.3 is 15.3 Å². The van der Waals surface area contributed by atoms with E-state index in [9.17, 15) is 14.7 Å². The first-order valence-electron chi connectivity index (χ1n) is 12.0. The van der Waals surface area contributed by atoms with Gasteiger partial charge in [0.15, 0.2) is 0 Å². The molecule has 5 aliphatic rings. The van der Waals surface area contributed by atoms with Crippen LogP contribution in [0.25, 0.3) is 0 Å². The number of amides is 2. The molecular formula is C24H38N2O3.